The maximum atomic E-state index is 13.6. The molecule has 0 unspecified atom stereocenters. The third-order valence-electron chi connectivity index (χ3n) is 6.26. The molecule has 1 N–H and O–H groups in total. The van der Waals surface area contributed by atoms with Gasteiger partial charge in [0.1, 0.15) is 11.9 Å². The fourth-order valence-electron chi connectivity index (χ4n) is 4.35. The molecule has 1 aliphatic heterocycles. The van der Waals surface area contributed by atoms with Crippen LogP contribution in [0.25, 0.3) is 0 Å². The molecule has 0 aromatic heterocycles. The van der Waals surface area contributed by atoms with Crippen molar-refractivity contribution >= 4 is 11.8 Å². The molecule has 35 heavy (non-hydrogen) atoms. The van der Waals surface area contributed by atoms with Gasteiger partial charge in [-0.25, -0.2) is 4.39 Å². The lowest BCUT2D eigenvalue weighted by Gasteiger charge is -2.32. The Morgan fingerprint density at radius 2 is 1.57 bits per heavy atom. The van der Waals surface area contributed by atoms with E-state index in [1.54, 1.807) is 17.0 Å². The van der Waals surface area contributed by atoms with Gasteiger partial charge in [0.05, 0.1) is 12.5 Å². The number of carbonyl (C=O) groups excluding carboxylic acids is 2. The highest BCUT2D eigenvalue weighted by molar-refractivity contribution is 5.88. The van der Waals surface area contributed by atoms with E-state index >= 15 is 0 Å². The maximum Gasteiger partial charge on any atom is 0.243 e. The summed E-state index contributed by atoms with van der Waals surface area (Å²) in [5, 5.41) is 3.02. The Morgan fingerprint density at radius 1 is 0.914 bits per heavy atom. The average molecular weight is 475 g/mol. The van der Waals surface area contributed by atoms with Crippen LogP contribution in [0, 0.1) is 5.82 Å². The minimum atomic E-state index is -0.722. The largest absolute Gasteiger partial charge is 0.376 e. The zero-order valence-electron chi connectivity index (χ0n) is 19.7. The molecule has 2 atom stereocenters. The van der Waals surface area contributed by atoms with Gasteiger partial charge in [-0.05, 0) is 41.7 Å². The first-order chi connectivity index (χ1) is 17.1. The second-order valence-corrected chi connectivity index (χ2v) is 8.90. The molecule has 2 amide bonds. The number of carbonyl (C=O) groups is 2. The van der Waals surface area contributed by atoms with Crippen molar-refractivity contribution in [2.45, 2.75) is 44.4 Å². The summed E-state index contributed by atoms with van der Waals surface area (Å²) in [6, 6.07) is 24.5. The Bertz CT molecular complexity index is 1080. The van der Waals surface area contributed by atoms with Crippen molar-refractivity contribution in [3.8, 4) is 0 Å². The van der Waals surface area contributed by atoms with E-state index in [4.69, 9.17) is 4.74 Å². The predicted octanol–water partition coefficient (Wildman–Crippen LogP) is 4.30. The number of nitrogens with zero attached hydrogens (tertiary/aromatic N) is 1. The average Bonchev–Trinajstić information content (AvgIpc) is 3.41. The van der Waals surface area contributed by atoms with Crippen LogP contribution < -0.4 is 5.32 Å². The molecule has 1 saturated heterocycles. The number of nitrogens with one attached hydrogen (secondary N) is 1. The van der Waals surface area contributed by atoms with Crippen LogP contribution in [-0.4, -0.2) is 42.0 Å². The van der Waals surface area contributed by atoms with Crippen LogP contribution in [0.15, 0.2) is 84.9 Å². The Kier molecular flexibility index (Phi) is 8.63. The van der Waals surface area contributed by atoms with Crippen LogP contribution in [0.2, 0.25) is 0 Å². The monoisotopic (exact) mass is 474 g/mol. The van der Waals surface area contributed by atoms with E-state index < -0.39 is 6.04 Å². The molecule has 0 spiro atoms. The number of hydrogen-bond acceptors (Lipinski definition) is 3. The molecule has 0 saturated carbocycles. The van der Waals surface area contributed by atoms with Crippen LogP contribution in [0.4, 0.5) is 4.39 Å². The Balaban J connectivity index is 1.61. The van der Waals surface area contributed by atoms with E-state index in [0.29, 0.717) is 19.6 Å². The van der Waals surface area contributed by atoms with E-state index in [9.17, 15) is 14.0 Å². The minimum Gasteiger partial charge on any atom is -0.376 e. The van der Waals surface area contributed by atoms with Gasteiger partial charge < -0.3 is 15.0 Å². The first kappa shape index (κ1) is 24.6. The zero-order chi connectivity index (χ0) is 24.5. The van der Waals surface area contributed by atoms with E-state index in [2.05, 4.69) is 5.32 Å². The summed E-state index contributed by atoms with van der Waals surface area (Å²) in [7, 11) is 0. The van der Waals surface area contributed by atoms with Crippen LogP contribution in [-0.2, 0) is 33.7 Å². The smallest absolute Gasteiger partial charge is 0.243 e. The summed E-state index contributed by atoms with van der Waals surface area (Å²) in [5.41, 5.74) is 2.60. The first-order valence-corrected chi connectivity index (χ1v) is 12.1. The second kappa shape index (κ2) is 12.3. The van der Waals surface area contributed by atoms with Crippen LogP contribution >= 0.6 is 0 Å². The normalized spacial score (nSPS) is 16.0. The number of amides is 2. The second-order valence-electron chi connectivity index (χ2n) is 8.90. The van der Waals surface area contributed by atoms with Gasteiger partial charge >= 0.3 is 0 Å². The molecule has 5 nitrogen and oxygen atoms in total. The summed E-state index contributed by atoms with van der Waals surface area (Å²) in [6.45, 7) is 1.33. The number of halogens is 1. The fourth-order valence-corrected chi connectivity index (χ4v) is 4.35. The topological polar surface area (TPSA) is 58.6 Å². The van der Waals surface area contributed by atoms with Gasteiger partial charge in [0, 0.05) is 26.1 Å². The van der Waals surface area contributed by atoms with E-state index in [1.165, 1.54) is 12.1 Å². The highest BCUT2D eigenvalue weighted by atomic mass is 19.1. The van der Waals surface area contributed by atoms with Crippen molar-refractivity contribution in [3.05, 3.63) is 107 Å². The quantitative estimate of drug-likeness (QED) is 0.477. The third-order valence-corrected chi connectivity index (χ3v) is 6.26. The minimum absolute atomic E-state index is 0.00175. The summed E-state index contributed by atoms with van der Waals surface area (Å²) >= 11 is 0. The highest BCUT2D eigenvalue weighted by Crippen LogP contribution is 2.18. The zero-order valence-corrected chi connectivity index (χ0v) is 19.7. The van der Waals surface area contributed by atoms with Crippen molar-refractivity contribution in [2.75, 3.05) is 13.2 Å². The van der Waals surface area contributed by atoms with Gasteiger partial charge in [-0.1, -0.05) is 72.8 Å². The number of rotatable bonds is 10. The summed E-state index contributed by atoms with van der Waals surface area (Å²) in [6.07, 6.45) is 2.45. The molecule has 0 aliphatic carbocycles. The number of benzene rings is 3. The van der Waals surface area contributed by atoms with Crippen LogP contribution in [0.1, 0.15) is 29.5 Å². The summed E-state index contributed by atoms with van der Waals surface area (Å²) < 4.78 is 19.2. The lowest BCUT2D eigenvalue weighted by molar-refractivity contribution is -0.141. The molecule has 0 radical (unpaired) electrons. The van der Waals surface area contributed by atoms with Gasteiger partial charge in [-0.15, -0.1) is 0 Å². The van der Waals surface area contributed by atoms with Gasteiger partial charge in [-0.3, -0.25) is 9.59 Å². The van der Waals surface area contributed by atoms with Crippen LogP contribution in [0.5, 0.6) is 0 Å². The first-order valence-electron chi connectivity index (χ1n) is 12.1. The summed E-state index contributed by atoms with van der Waals surface area (Å²) in [4.78, 5) is 28.8. The van der Waals surface area contributed by atoms with Crippen molar-refractivity contribution in [2.24, 2.45) is 0 Å². The Hall–Kier alpha value is -3.51. The molecule has 6 heteroatoms. The summed E-state index contributed by atoms with van der Waals surface area (Å²) in [5.74, 6) is -0.715. The molecule has 0 bridgehead atoms. The molecular weight excluding hydrogens is 443 g/mol. The number of ether oxygens (including phenoxy) is 1. The molecule has 1 heterocycles. The van der Waals surface area contributed by atoms with Crippen molar-refractivity contribution < 1.29 is 18.7 Å². The lowest BCUT2D eigenvalue weighted by atomic mass is 10.0. The molecule has 1 fully saturated rings. The third kappa shape index (κ3) is 7.23. The van der Waals surface area contributed by atoms with E-state index in [0.717, 1.165) is 29.5 Å². The molecule has 3 aromatic rings. The molecular formula is C29H31FN2O3. The Labute approximate surface area is 205 Å². The number of hydrogen-bond donors (Lipinski definition) is 1. The van der Waals surface area contributed by atoms with Gasteiger partial charge in [0.25, 0.3) is 0 Å². The highest BCUT2D eigenvalue weighted by Gasteiger charge is 2.31. The molecule has 1 aliphatic rings. The van der Waals surface area contributed by atoms with E-state index in [1.807, 2.05) is 60.7 Å². The Morgan fingerprint density at radius 3 is 2.20 bits per heavy atom. The molecule has 3 aromatic carbocycles. The molecule has 4 rings (SSSR count). The fraction of sp³-hybridized carbons (Fsp3) is 0.310. The van der Waals surface area contributed by atoms with Gasteiger partial charge in [0.2, 0.25) is 11.8 Å². The standard InChI is InChI=1S/C29H31FN2O3/c30-25-15-13-24(14-16-25)21-32(28(33)19-23-10-5-2-6-11-23)27(18-22-8-3-1-4-9-22)29(34)31-20-26-12-7-17-35-26/h1-6,8-11,13-16,26-27H,7,12,17-21H2,(H,31,34)/t26-,27-/m1/s1. The maximum absolute atomic E-state index is 13.6. The SMILES string of the molecule is O=C(NC[C@H]1CCCO1)[C@@H](Cc1ccccc1)N(Cc1ccc(F)cc1)C(=O)Cc1ccccc1. The predicted molar refractivity (Wildman–Crippen MR) is 133 cm³/mol. The lowest BCUT2D eigenvalue weighted by Crippen LogP contribution is -2.52. The van der Waals surface area contributed by atoms with Crippen molar-refractivity contribution in [3.63, 3.8) is 0 Å². The van der Waals surface area contributed by atoms with Gasteiger partial charge in [-0.2, -0.15) is 0 Å². The van der Waals surface area contributed by atoms with Crippen molar-refractivity contribution in [1.82, 2.24) is 10.2 Å². The van der Waals surface area contributed by atoms with E-state index in [-0.39, 0.29) is 36.7 Å². The van der Waals surface area contributed by atoms with Crippen molar-refractivity contribution in [1.29, 1.82) is 0 Å². The van der Waals surface area contributed by atoms with Gasteiger partial charge in [0.15, 0.2) is 0 Å². The van der Waals surface area contributed by atoms with Crippen LogP contribution in [0.3, 0.4) is 0 Å². The molecule has 182 valence electrons.